The van der Waals surface area contributed by atoms with Crippen LogP contribution in [0.25, 0.3) is 71.7 Å². The number of hydrogen-bond donors (Lipinski definition) is 1. The fourth-order valence-electron chi connectivity index (χ4n) is 8.02. The second-order valence-electron chi connectivity index (χ2n) is 13.5. The van der Waals surface area contributed by atoms with Gasteiger partial charge in [0.1, 0.15) is 11.2 Å². The number of aromatic nitrogens is 1. The summed E-state index contributed by atoms with van der Waals surface area (Å²) in [4.78, 5) is 0. The molecule has 9 aromatic rings. The zero-order chi connectivity index (χ0) is 32.0. The minimum atomic E-state index is -0.147. The molecule has 0 saturated carbocycles. The molecule has 0 unspecified atom stereocenters. The molecule has 2 heterocycles. The van der Waals surface area contributed by atoms with Gasteiger partial charge in [0.05, 0.1) is 11.0 Å². The zero-order valence-corrected chi connectivity index (χ0v) is 26.8. The number of fused-ring (bicyclic) bond motifs is 9. The molecule has 0 spiro atoms. The summed E-state index contributed by atoms with van der Waals surface area (Å²) < 4.78 is 8.71. The van der Waals surface area contributed by atoms with E-state index in [0.717, 1.165) is 44.4 Å². The first-order valence-electron chi connectivity index (χ1n) is 16.6. The Morgan fingerprint density at radius 2 is 1.10 bits per heavy atom. The van der Waals surface area contributed by atoms with Crippen LogP contribution in [0.15, 0.2) is 156 Å². The van der Waals surface area contributed by atoms with E-state index in [1.807, 2.05) is 12.1 Å². The molecule has 3 heteroatoms. The van der Waals surface area contributed by atoms with Crippen molar-refractivity contribution in [2.45, 2.75) is 19.3 Å². The minimum Gasteiger partial charge on any atom is -0.455 e. The Balaban J connectivity index is 0.979. The Kier molecular flexibility index (Phi) is 5.63. The molecular formula is C45H32N2O. The van der Waals surface area contributed by atoms with E-state index in [1.54, 1.807) is 0 Å². The molecule has 0 aliphatic heterocycles. The molecule has 2 aromatic heterocycles. The third-order valence-corrected chi connectivity index (χ3v) is 10.4. The predicted octanol–water partition coefficient (Wildman–Crippen LogP) is 12.4. The first kappa shape index (κ1) is 27.1. The van der Waals surface area contributed by atoms with Crippen molar-refractivity contribution in [2.75, 3.05) is 5.32 Å². The van der Waals surface area contributed by atoms with Gasteiger partial charge in [0.2, 0.25) is 0 Å². The van der Waals surface area contributed by atoms with E-state index in [9.17, 15) is 0 Å². The van der Waals surface area contributed by atoms with E-state index in [2.05, 4.69) is 163 Å². The molecule has 0 bridgehead atoms. The lowest BCUT2D eigenvalue weighted by atomic mass is 9.82. The third kappa shape index (κ3) is 3.88. The molecule has 0 saturated heterocycles. The summed E-state index contributed by atoms with van der Waals surface area (Å²) in [5, 5.41) is 8.55. The van der Waals surface area contributed by atoms with Crippen LogP contribution in [0.1, 0.15) is 25.0 Å². The summed E-state index contributed by atoms with van der Waals surface area (Å²) in [6.07, 6.45) is 0. The quantitative estimate of drug-likeness (QED) is 0.213. The molecule has 0 radical (unpaired) electrons. The topological polar surface area (TPSA) is 30.1 Å². The van der Waals surface area contributed by atoms with Gasteiger partial charge in [-0.15, -0.1) is 0 Å². The fraction of sp³-hybridized carbons (Fsp3) is 0.0667. The summed E-state index contributed by atoms with van der Waals surface area (Å²) in [5.41, 5.74) is 15.1. The molecular weight excluding hydrogens is 585 g/mol. The highest BCUT2D eigenvalue weighted by Crippen LogP contribution is 2.50. The maximum atomic E-state index is 6.30. The van der Waals surface area contributed by atoms with Crippen LogP contribution in [0.4, 0.5) is 11.4 Å². The second-order valence-corrected chi connectivity index (χ2v) is 13.5. The Labute approximate surface area is 278 Å². The number of benzene rings is 7. The van der Waals surface area contributed by atoms with Gasteiger partial charge in [0.25, 0.3) is 0 Å². The Hall–Kier alpha value is -6.06. The van der Waals surface area contributed by atoms with Crippen LogP contribution < -0.4 is 5.32 Å². The zero-order valence-electron chi connectivity index (χ0n) is 26.8. The predicted molar refractivity (Wildman–Crippen MR) is 201 cm³/mol. The van der Waals surface area contributed by atoms with Crippen molar-refractivity contribution in [1.82, 2.24) is 4.57 Å². The van der Waals surface area contributed by atoms with Gasteiger partial charge in [-0.25, -0.2) is 0 Å². The molecule has 228 valence electrons. The first-order chi connectivity index (χ1) is 23.5. The van der Waals surface area contributed by atoms with Gasteiger partial charge >= 0.3 is 0 Å². The minimum absolute atomic E-state index is 0.147. The number of rotatable bonds is 4. The average Bonchev–Trinajstić information content (AvgIpc) is 3.74. The van der Waals surface area contributed by atoms with Crippen molar-refractivity contribution in [1.29, 1.82) is 0 Å². The van der Waals surface area contributed by atoms with Crippen LogP contribution >= 0.6 is 0 Å². The monoisotopic (exact) mass is 616 g/mol. The van der Waals surface area contributed by atoms with Crippen LogP contribution in [-0.2, 0) is 5.41 Å². The molecule has 7 aromatic carbocycles. The number of nitrogens with zero attached hydrogens (tertiary/aromatic N) is 1. The van der Waals surface area contributed by atoms with Gasteiger partial charge < -0.3 is 14.3 Å². The van der Waals surface area contributed by atoms with Gasteiger partial charge in [-0.3, -0.25) is 0 Å². The smallest absolute Gasteiger partial charge is 0.143 e. The van der Waals surface area contributed by atoms with Gasteiger partial charge in [0.15, 0.2) is 0 Å². The summed E-state index contributed by atoms with van der Waals surface area (Å²) >= 11 is 0. The molecule has 48 heavy (non-hydrogen) atoms. The molecule has 10 rings (SSSR count). The van der Waals surface area contributed by atoms with Crippen LogP contribution in [0, 0.1) is 0 Å². The van der Waals surface area contributed by atoms with Crippen molar-refractivity contribution < 1.29 is 4.42 Å². The van der Waals surface area contributed by atoms with Crippen molar-refractivity contribution in [3.8, 4) is 27.9 Å². The summed E-state index contributed by atoms with van der Waals surface area (Å²) in [7, 11) is 0. The molecule has 1 N–H and O–H groups in total. The highest BCUT2D eigenvalue weighted by atomic mass is 16.3. The Bertz CT molecular complexity index is 2670. The molecule has 1 aliphatic rings. The normalized spacial score (nSPS) is 13.4. The molecule has 3 nitrogen and oxygen atoms in total. The average molecular weight is 617 g/mol. The van der Waals surface area contributed by atoms with Gasteiger partial charge in [-0.2, -0.15) is 0 Å². The van der Waals surface area contributed by atoms with E-state index in [0.29, 0.717) is 0 Å². The number of nitrogens with one attached hydrogen (secondary N) is 1. The van der Waals surface area contributed by atoms with E-state index in [4.69, 9.17) is 4.42 Å². The standard InChI is InChI=1S/C45H32N2O/c1-45(2)39-26-30(46-29-20-18-28(19-21-29)32-13-9-14-38-37-12-5-8-17-43(37)48-44(32)38)22-24-33(39)34-25-23-31(27-40(34)45)47-41-15-6-3-10-35(41)36-11-4-7-16-42(36)47/h3-27,46H,1-2H3. The highest BCUT2D eigenvalue weighted by molar-refractivity contribution is 6.10. The second kappa shape index (κ2) is 9.97. The first-order valence-corrected chi connectivity index (χ1v) is 16.6. The Morgan fingerprint density at radius 3 is 1.85 bits per heavy atom. The molecule has 0 amide bonds. The van der Waals surface area contributed by atoms with Gasteiger partial charge in [-0.1, -0.05) is 111 Å². The van der Waals surface area contributed by atoms with Crippen molar-refractivity contribution in [3.05, 3.63) is 163 Å². The number of furan rings is 1. The number of hydrogen-bond acceptors (Lipinski definition) is 2. The van der Waals surface area contributed by atoms with Crippen LogP contribution in [-0.4, -0.2) is 4.57 Å². The van der Waals surface area contributed by atoms with Crippen LogP contribution in [0.2, 0.25) is 0 Å². The number of para-hydroxylation sites is 4. The maximum Gasteiger partial charge on any atom is 0.143 e. The SMILES string of the molecule is CC1(C)c2cc(Nc3ccc(-c4cccc5c4oc4ccccc45)cc3)ccc2-c2ccc(-n3c4ccccc4c4ccccc43)cc21. The summed E-state index contributed by atoms with van der Waals surface area (Å²) in [6, 6.07) is 54.5. The summed E-state index contributed by atoms with van der Waals surface area (Å²) in [5.74, 6) is 0. The van der Waals surface area contributed by atoms with Crippen LogP contribution in [0.5, 0.6) is 0 Å². The van der Waals surface area contributed by atoms with E-state index < -0.39 is 0 Å². The van der Waals surface area contributed by atoms with Crippen molar-refractivity contribution in [2.24, 2.45) is 0 Å². The van der Waals surface area contributed by atoms with E-state index in [1.165, 1.54) is 49.7 Å². The lowest BCUT2D eigenvalue weighted by Gasteiger charge is -2.23. The highest BCUT2D eigenvalue weighted by Gasteiger charge is 2.36. The fourth-order valence-corrected chi connectivity index (χ4v) is 8.02. The molecule has 1 aliphatic carbocycles. The van der Waals surface area contributed by atoms with Crippen molar-refractivity contribution >= 4 is 55.1 Å². The molecule has 0 atom stereocenters. The lowest BCUT2D eigenvalue weighted by Crippen LogP contribution is -2.15. The van der Waals surface area contributed by atoms with Crippen molar-refractivity contribution in [3.63, 3.8) is 0 Å². The van der Waals surface area contributed by atoms with Crippen LogP contribution in [0.3, 0.4) is 0 Å². The third-order valence-electron chi connectivity index (χ3n) is 10.4. The van der Waals surface area contributed by atoms with Gasteiger partial charge in [-0.05, 0) is 82.4 Å². The van der Waals surface area contributed by atoms with E-state index in [-0.39, 0.29) is 5.41 Å². The lowest BCUT2D eigenvalue weighted by molar-refractivity contribution is 0.660. The van der Waals surface area contributed by atoms with Gasteiger partial charge in [0, 0.05) is 49.6 Å². The van der Waals surface area contributed by atoms with E-state index >= 15 is 0 Å². The summed E-state index contributed by atoms with van der Waals surface area (Å²) in [6.45, 7) is 4.70. The maximum absolute atomic E-state index is 6.30. The largest absolute Gasteiger partial charge is 0.455 e. The Morgan fingerprint density at radius 1 is 0.500 bits per heavy atom. The number of anilines is 2. The molecule has 0 fully saturated rings.